The number of hydrogen-bond donors (Lipinski definition) is 2. The molecule has 34 heavy (non-hydrogen) atoms. The minimum atomic E-state index is -0.584. The molecule has 182 valence electrons. The van der Waals surface area contributed by atoms with Crippen LogP contribution in [0.25, 0.3) is 5.78 Å². The Kier molecular flexibility index (Phi) is 7.70. The summed E-state index contributed by atoms with van der Waals surface area (Å²) < 4.78 is 12.3. The van der Waals surface area contributed by atoms with Crippen LogP contribution in [0.4, 0.5) is 10.5 Å². The van der Waals surface area contributed by atoms with Gasteiger partial charge >= 0.3 is 6.09 Å². The number of nitrogens with one attached hydrogen (secondary N) is 2. The molecule has 0 saturated heterocycles. The lowest BCUT2D eigenvalue weighted by Gasteiger charge is -2.19. The lowest BCUT2D eigenvalue weighted by Crippen LogP contribution is -2.32. The highest BCUT2D eigenvalue weighted by Gasteiger charge is 2.18. The fourth-order valence-corrected chi connectivity index (χ4v) is 3.42. The first kappa shape index (κ1) is 24.9. The number of amides is 2. The van der Waals surface area contributed by atoms with E-state index in [-0.39, 0.29) is 12.5 Å². The van der Waals surface area contributed by atoms with Crippen LogP contribution in [0.3, 0.4) is 0 Å². The maximum absolute atomic E-state index is 12.5. The molecule has 0 radical (unpaired) electrons. The van der Waals surface area contributed by atoms with E-state index in [2.05, 4.69) is 25.7 Å². The zero-order valence-corrected chi connectivity index (χ0v) is 20.6. The van der Waals surface area contributed by atoms with Crippen LogP contribution in [0, 0.1) is 13.8 Å². The van der Waals surface area contributed by atoms with Gasteiger partial charge in [-0.1, -0.05) is 0 Å². The third-order valence-electron chi connectivity index (χ3n) is 4.93. The minimum Gasteiger partial charge on any atom is -0.494 e. The fourth-order valence-electron chi connectivity index (χ4n) is 3.42. The highest BCUT2D eigenvalue weighted by Crippen LogP contribution is 2.18. The summed E-state index contributed by atoms with van der Waals surface area (Å²) in [6.07, 6.45) is 0.269. The molecule has 2 amide bonds. The standard InChI is InChI=1S/C24H32N6O4/c1-7-33-18-10-8-17(9-11-18)27-21(31)13-12-19-15(2)26-22-28-20(29-30(22)16(19)3)14-25-23(32)34-24(4,5)6/h8-11H,7,12-14H2,1-6H3,(H,25,32)(H,27,31). The summed E-state index contributed by atoms with van der Waals surface area (Å²) in [6, 6.07) is 7.28. The molecule has 0 aliphatic heterocycles. The molecule has 0 fully saturated rings. The van der Waals surface area contributed by atoms with Crippen molar-refractivity contribution in [3.8, 4) is 5.75 Å². The van der Waals surface area contributed by atoms with Gasteiger partial charge in [-0.25, -0.2) is 14.3 Å². The van der Waals surface area contributed by atoms with E-state index in [1.807, 2.05) is 45.0 Å². The van der Waals surface area contributed by atoms with Crippen LogP contribution in [0.2, 0.25) is 0 Å². The van der Waals surface area contributed by atoms with Gasteiger partial charge in [0.1, 0.15) is 11.4 Å². The molecule has 2 aromatic heterocycles. The number of nitrogens with zero attached hydrogens (tertiary/aromatic N) is 4. The maximum atomic E-state index is 12.5. The van der Waals surface area contributed by atoms with Crippen LogP contribution in [0.1, 0.15) is 56.9 Å². The summed E-state index contributed by atoms with van der Waals surface area (Å²) in [5.74, 6) is 1.54. The van der Waals surface area contributed by atoms with Crippen molar-refractivity contribution in [2.24, 2.45) is 0 Å². The molecule has 10 heteroatoms. The molecule has 2 N–H and O–H groups in total. The average Bonchev–Trinajstić information content (AvgIpc) is 3.15. The van der Waals surface area contributed by atoms with Crippen LogP contribution in [-0.2, 0) is 22.5 Å². The van der Waals surface area contributed by atoms with Gasteiger partial charge in [0, 0.05) is 23.5 Å². The van der Waals surface area contributed by atoms with Crippen molar-refractivity contribution in [2.45, 2.75) is 66.5 Å². The minimum absolute atomic E-state index is 0.0936. The molecule has 1 aromatic carbocycles. The number of fused-ring (bicyclic) bond motifs is 1. The van der Waals surface area contributed by atoms with E-state index in [0.29, 0.717) is 36.7 Å². The number of alkyl carbamates (subject to hydrolysis) is 1. The van der Waals surface area contributed by atoms with E-state index < -0.39 is 11.7 Å². The first-order valence-corrected chi connectivity index (χ1v) is 11.3. The third kappa shape index (κ3) is 6.66. The van der Waals surface area contributed by atoms with E-state index in [0.717, 1.165) is 22.7 Å². The second-order valence-corrected chi connectivity index (χ2v) is 8.86. The van der Waals surface area contributed by atoms with Crippen molar-refractivity contribution in [3.05, 3.63) is 47.0 Å². The topological polar surface area (TPSA) is 120 Å². The Morgan fingerprint density at radius 1 is 1.09 bits per heavy atom. The Hall–Kier alpha value is -3.69. The van der Waals surface area contributed by atoms with Crippen LogP contribution in [0.5, 0.6) is 5.75 Å². The Balaban J connectivity index is 1.63. The summed E-state index contributed by atoms with van der Waals surface area (Å²) in [6.45, 7) is 11.8. The Morgan fingerprint density at radius 2 is 1.79 bits per heavy atom. The molecule has 0 spiro atoms. The zero-order valence-electron chi connectivity index (χ0n) is 20.6. The predicted octanol–water partition coefficient (Wildman–Crippen LogP) is 3.74. The number of aryl methyl sites for hydroxylation is 2. The van der Waals surface area contributed by atoms with E-state index in [4.69, 9.17) is 9.47 Å². The first-order valence-electron chi connectivity index (χ1n) is 11.3. The number of carbonyl (C=O) groups is 2. The average molecular weight is 469 g/mol. The van der Waals surface area contributed by atoms with Crippen molar-refractivity contribution >= 4 is 23.5 Å². The Morgan fingerprint density at radius 3 is 2.44 bits per heavy atom. The summed E-state index contributed by atoms with van der Waals surface area (Å²) in [5.41, 5.74) is 2.71. The summed E-state index contributed by atoms with van der Waals surface area (Å²) in [5, 5.41) is 10.0. The van der Waals surface area contributed by atoms with E-state index in [9.17, 15) is 9.59 Å². The van der Waals surface area contributed by atoms with Gasteiger partial charge in [-0.2, -0.15) is 4.98 Å². The summed E-state index contributed by atoms with van der Waals surface area (Å²) in [7, 11) is 0. The van der Waals surface area contributed by atoms with Gasteiger partial charge < -0.3 is 20.1 Å². The summed E-state index contributed by atoms with van der Waals surface area (Å²) >= 11 is 0. The highest BCUT2D eigenvalue weighted by molar-refractivity contribution is 5.90. The molecule has 3 rings (SSSR count). The summed E-state index contributed by atoms with van der Waals surface area (Å²) in [4.78, 5) is 33.3. The molecule has 0 aliphatic rings. The Bertz CT molecular complexity index is 1160. The van der Waals surface area contributed by atoms with Gasteiger partial charge in [0.2, 0.25) is 5.91 Å². The van der Waals surface area contributed by atoms with E-state index >= 15 is 0 Å². The lowest BCUT2D eigenvalue weighted by molar-refractivity contribution is -0.116. The molecule has 0 saturated carbocycles. The van der Waals surface area contributed by atoms with E-state index in [1.54, 1.807) is 25.3 Å². The largest absolute Gasteiger partial charge is 0.494 e. The maximum Gasteiger partial charge on any atom is 0.408 e. The molecule has 0 aliphatic carbocycles. The van der Waals surface area contributed by atoms with Crippen LogP contribution < -0.4 is 15.4 Å². The second kappa shape index (κ2) is 10.5. The highest BCUT2D eigenvalue weighted by atomic mass is 16.6. The van der Waals surface area contributed by atoms with Crippen molar-refractivity contribution in [3.63, 3.8) is 0 Å². The monoisotopic (exact) mass is 468 g/mol. The number of carbonyl (C=O) groups excluding carboxylic acids is 2. The fraction of sp³-hybridized carbons (Fsp3) is 0.458. The Labute approximate surface area is 199 Å². The number of hydrogen-bond acceptors (Lipinski definition) is 7. The molecule has 2 heterocycles. The molecule has 0 bridgehead atoms. The number of ether oxygens (including phenoxy) is 2. The van der Waals surface area contributed by atoms with Crippen molar-refractivity contribution in [1.29, 1.82) is 0 Å². The van der Waals surface area contributed by atoms with Crippen molar-refractivity contribution in [1.82, 2.24) is 24.9 Å². The quantitative estimate of drug-likeness (QED) is 0.517. The SMILES string of the molecule is CCOc1ccc(NC(=O)CCc2c(C)nc3nc(CNC(=O)OC(C)(C)C)nn3c2C)cc1. The third-order valence-corrected chi connectivity index (χ3v) is 4.93. The molecular weight excluding hydrogens is 436 g/mol. The van der Waals surface area contributed by atoms with E-state index in [1.165, 1.54) is 0 Å². The van der Waals surface area contributed by atoms with Gasteiger partial charge in [0.15, 0.2) is 5.82 Å². The molecule has 0 atom stereocenters. The van der Waals surface area contributed by atoms with Gasteiger partial charge in [-0.05, 0) is 77.8 Å². The van der Waals surface area contributed by atoms with Gasteiger partial charge in [-0.3, -0.25) is 4.79 Å². The smallest absolute Gasteiger partial charge is 0.408 e. The van der Waals surface area contributed by atoms with Crippen LogP contribution >= 0.6 is 0 Å². The second-order valence-electron chi connectivity index (χ2n) is 8.86. The van der Waals surface area contributed by atoms with Gasteiger partial charge in [0.05, 0.1) is 13.2 Å². The van der Waals surface area contributed by atoms with Crippen LogP contribution in [-0.4, -0.2) is 43.8 Å². The number of benzene rings is 1. The zero-order chi connectivity index (χ0) is 24.9. The predicted molar refractivity (Wildman–Crippen MR) is 128 cm³/mol. The number of anilines is 1. The molecule has 0 unspecified atom stereocenters. The molecule has 3 aromatic rings. The van der Waals surface area contributed by atoms with Gasteiger partial charge in [-0.15, -0.1) is 5.10 Å². The van der Waals surface area contributed by atoms with Crippen molar-refractivity contribution in [2.75, 3.05) is 11.9 Å². The van der Waals surface area contributed by atoms with Crippen LogP contribution in [0.15, 0.2) is 24.3 Å². The van der Waals surface area contributed by atoms with Crippen molar-refractivity contribution < 1.29 is 19.1 Å². The first-order chi connectivity index (χ1) is 16.1. The number of aromatic nitrogens is 4. The van der Waals surface area contributed by atoms with Gasteiger partial charge in [0.25, 0.3) is 5.78 Å². The molecular formula is C24H32N6O4. The number of rotatable bonds is 8. The molecule has 10 nitrogen and oxygen atoms in total. The normalized spacial score (nSPS) is 11.4. The lowest BCUT2D eigenvalue weighted by atomic mass is 10.1.